The van der Waals surface area contributed by atoms with Gasteiger partial charge >= 0.3 is 0 Å². The molecule has 15 heavy (non-hydrogen) atoms. The third-order valence-corrected chi connectivity index (χ3v) is 3.80. The van der Waals surface area contributed by atoms with Crippen LogP contribution in [0, 0.1) is 5.92 Å². The van der Waals surface area contributed by atoms with Crippen LogP contribution in [0.3, 0.4) is 0 Å². The zero-order valence-corrected chi connectivity index (χ0v) is 9.93. The van der Waals surface area contributed by atoms with Crippen molar-refractivity contribution in [2.75, 3.05) is 0 Å². The van der Waals surface area contributed by atoms with Gasteiger partial charge in [0.05, 0.1) is 0 Å². The number of rotatable bonds is 1. The van der Waals surface area contributed by atoms with E-state index in [0.29, 0.717) is 0 Å². The molecule has 0 unspecified atom stereocenters. The predicted molar refractivity (Wildman–Crippen MR) is 64.9 cm³/mol. The van der Waals surface area contributed by atoms with Gasteiger partial charge in [-0.15, -0.1) is 0 Å². The Bertz CT molecular complexity index is 340. The Morgan fingerprint density at radius 3 is 2.60 bits per heavy atom. The number of hydrogen-bond donors (Lipinski definition) is 1. The van der Waals surface area contributed by atoms with Crippen LogP contribution in [0.2, 0.25) is 5.02 Å². The van der Waals surface area contributed by atoms with E-state index in [1.165, 1.54) is 18.4 Å². The molecule has 0 radical (unpaired) electrons. The zero-order valence-electron chi connectivity index (χ0n) is 9.17. The molecule has 2 rings (SSSR count). The van der Waals surface area contributed by atoms with Gasteiger partial charge in [-0.1, -0.05) is 30.7 Å². The van der Waals surface area contributed by atoms with E-state index in [1.54, 1.807) is 0 Å². The van der Waals surface area contributed by atoms with Crippen LogP contribution < -0.4 is 5.73 Å². The summed E-state index contributed by atoms with van der Waals surface area (Å²) in [6.45, 7) is 2.30. The summed E-state index contributed by atoms with van der Waals surface area (Å²) in [6, 6.07) is 8.00. The van der Waals surface area contributed by atoms with Crippen LogP contribution in [0.1, 0.15) is 38.2 Å². The molecule has 0 aromatic heterocycles. The highest BCUT2D eigenvalue weighted by Crippen LogP contribution is 2.37. The quantitative estimate of drug-likeness (QED) is 0.772. The Morgan fingerprint density at radius 1 is 1.33 bits per heavy atom. The minimum atomic E-state index is -0.141. The lowest BCUT2D eigenvalue weighted by Crippen LogP contribution is -2.40. The molecular weight excluding hydrogens is 206 g/mol. The van der Waals surface area contributed by atoms with Crippen LogP contribution in [0.15, 0.2) is 24.3 Å². The summed E-state index contributed by atoms with van der Waals surface area (Å²) < 4.78 is 0. The van der Waals surface area contributed by atoms with E-state index in [1.807, 2.05) is 18.2 Å². The highest BCUT2D eigenvalue weighted by atomic mass is 35.5. The summed E-state index contributed by atoms with van der Waals surface area (Å²) in [7, 11) is 0. The minimum absolute atomic E-state index is 0.141. The van der Waals surface area contributed by atoms with Gasteiger partial charge in [-0.2, -0.15) is 0 Å². The third-order valence-electron chi connectivity index (χ3n) is 3.57. The van der Waals surface area contributed by atoms with Gasteiger partial charge < -0.3 is 5.73 Å². The molecule has 1 fully saturated rings. The first-order valence-corrected chi connectivity index (χ1v) is 6.03. The number of hydrogen-bond acceptors (Lipinski definition) is 1. The molecule has 0 saturated heterocycles. The van der Waals surface area contributed by atoms with Crippen LogP contribution in [-0.2, 0) is 5.54 Å². The van der Waals surface area contributed by atoms with Gasteiger partial charge in [0, 0.05) is 10.6 Å². The van der Waals surface area contributed by atoms with Crippen molar-refractivity contribution >= 4 is 11.6 Å². The summed E-state index contributed by atoms with van der Waals surface area (Å²) in [4.78, 5) is 0. The van der Waals surface area contributed by atoms with Crippen molar-refractivity contribution in [2.24, 2.45) is 11.7 Å². The molecule has 0 aliphatic heterocycles. The van der Waals surface area contributed by atoms with Crippen LogP contribution >= 0.6 is 11.6 Å². The largest absolute Gasteiger partial charge is 0.321 e. The van der Waals surface area contributed by atoms with Crippen LogP contribution in [0.25, 0.3) is 0 Å². The molecule has 2 heteroatoms. The fourth-order valence-electron chi connectivity index (χ4n) is 2.36. The van der Waals surface area contributed by atoms with Crippen molar-refractivity contribution in [1.82, 2.24) is 0 Å². The van der Waals surface area contributed by atoms with E-state index in [0.717, 1.165) is 23.8 Å². The van der Waals surface area contributed by atoms with E-state index >= 15 is 0 Å². The highest BCUT2D eigenvalue weighted by Gasteiger charge is 2.31. The van der Waals surface area contributed by atoms with Crippen molar-refractivity contribution < 1.29 is 0 Å². The zero-order chi connectivity index (χ0) is 10.9. The van der Waals surface area contributed by atoms with E-state index in [9.17, 15) is 0 Å². The highest BCUT2D eigenvalue weighted by molar-refractivity contribution is 6.30. The van der Waals surface area contributed by atoms with Crippen LogP contribution in [0.5, 0.6) is 0 Å². The summed E-state index contributed by atoms with van der Waals surface area (Å²) in [5.41, 5.74) is 7.51. The average Bonchev–Trinajstić information content (AvgIpc) is 2.23. The second-order valence-electron chi connectivity index (χ2n) is 4.85. The number of benzene rings is 1. The van der Waals surface area contributed by atoms with E-state index in [2.05, 4.69) is 13.0 Å². The molecule has 82 valence electrons. The van der Waals surface area contributed by atoms with Crippen molar-refractivity contribution in [3.63, 3.8) is 0 Å². The van der Waals surface area contributed by atoms with Crippen molar-refractivity contribution in [2.45, 2.75) is 38.1 Å². The predicted octanol–water partition coefficient (Wildman–Crippen LogP) is 3.70. The third kappa shape index (κ3) is 2.35. The van der Waals surface area contributed by atoms with Crippen molar-refractivity contribution in [3.8, 4) is 0 Å². The smallest absolute Gasteiger partial charge is 0.0410 e. The Kier molecular flexibility index (Phi) is 3.03. The van der Waals surface area contributed by atoms with Gasteiger partial charge in [0.2, 0.25) is 0 Å². The van der Waals surface area contributed by atoms with Gasteiger partial charge in [0.25, 0.3) is 0 Å². The molecule has 0 amide bonds. The van der Waals surface area contributed by atoms with Gasteiger partial charge in [-0.3, -0.25) is 0 Å². The SMILES string of the molecule is CC1CCC(N)(c2cccc(Cl)c2)CC1. The molecular formula is C13H18ClN. The standard InChI is InChI=1S/C13H18ClN/c1-10-5-7-13(15,8-6-10)11-3-2-4-12(14)9-11/h2-4,9-10H,5-8,15H2,1H3. The molecule has 0 bridgehead atoms. The molecule has 0 spiro atoms. The van der Waals surface area contributed by atoms with Crippen LogP contribution in [-0.4, -0.2) is 0 Å². The van der Waals surface area contributed by atoms with E-state index in [4.69, 9.17) is 17.3 Å². The van der Waals surface area contributed by atoms with Gasteiger partial charge in [-0.25, -0.2) is 0 Å². The Labute approximate surface area is 96.6 Å². The first kappa shape index (κ1) is 11.0. The molecule has 1 saturated carbocycles. The molecule has 1 aromatic carbocycles. The second-order valence-corrected chi connectivity index (χ2v) is 5.29. The average molecular weight is 224 g/mol. The van der Waals surface area contributed by atoms with Gasteiger partial charge in [0.1, 0.15) is 0 Å². The van der Waals surface area contributed by atoms with Crippen molar-refractivity contribution in [3.05, 3.63) is 34.9 Å². The first-order chi connectivity index (χ1) is 7.10. The topological polar surface area (TPSA) is 26.0 Å². The molecule has 1 aliphatic rings. The van der Waals surface area contributed by atoms with E-state index < -0.39 is 0 Å². The maximum absolute atomic E-state index is 6.45. The Balaban J connectivity index is 2.22. The molecule has 1 nitrogen and oxygen atoms in total. The van der Waals surface area contributed by atoms with E-state index in [-0.39, 0.29) is 5.54 Å². The molecule has 2 N–H and O–H groups in total. The number of halogens is 1. The Morgan fingerprint density at radius 2 is 2.00 bits per heavy atom. The minimum Gasteiger partial charge on any atom is -0.321 e. The summed E-state index contributed by atoms with van der Waals surface area (Å²) >= 11 is 6.00. The second kappa shape index (κ2) is 4.15. The molecule has 1 aromatic rings. The lowest BCUT2D eigenvalue weighted by atomic mass is 9.74. The maximum Gasteiger partial charge on any atom is 0.0410 e. The van der Waals surface area contributed by atoms with Crippen LogP contribution in [0.4, 0.5) is 0 Å². The number of nitrogens with two attached hydrogens (primary N) is 1. The summed E-state index contributed by atoms with van der Waals surface area (Å²) in [6.07, 6.45) is 4.61. The van der Waals surface area contributed by atoms with Crippen molar-refractivity contribution in [1.29, 1.82) is 0 Å². The monoisotopic (exact) mass is 223 g/mol. The first-order valence-electron chi connectivity index (χ1n) is 5.65. The lowest BCUT2D eigenvalue weighted by Gasteiger charge is -2.36. The van der Waals surface area contributed by atoms with Gasteiger partial charge in [0.15, 0.2) is 0 Å². The molecule has 0 atom stereocenters. The fourth-order valence-corrected chi connectivity index (χ4v) is 2.55. The lowest BCUT2D eigenvalue weighted by molar-refractivity contribution is 0.248. The fraction of sp³-hybridized carbons (Fsp3) is 0.538. The normalized spacial score (nSPS) is 31.5. The molecule has 1 aliphatic carbocycles. The molecule has 0 heterocycles. The maximum atomic E-state index is 6.45. The summed E-state index contributed by atoms with van der Waals surface area (Å²) in [5, 5.41) is 0.788. The Hall–Kier alpha value is -0.530. The van der Waals surface area contributed by atoms with Gasteiger partial charge in [-0.05, 0) is 49.3 Å². The summed E-state index contributed by atoms with van der Waals surface area (Å²) in [5.74, 6) is 0.820.